The lowest BCUT2D eigenvalue weighted by Crippen LogP contribution is -2.57. The van der Waals surface area contributed by atoms with E-state index in [0.29, 0.717) is 24.1 Å². The predicted octanol–water partition coefficient (Wildman–Crippen LogP) is 0.807. The number of nitrogens with one attached hydrogen (secondary N) is 1. The maximum Gasteiger partial charge on any atom is 0.336 e. The first kappa shape index (κ1) is 16.0. The first-order valence-electron chi connectivity index (χ1n) is 6.21. The number of rotatable bonds is 3. The Morgan fingerprint density at radius 2 is 1.95 bits per heavy atom. The van der Waals surface area contributed by atoms with Gasteiger partial charge >= 0.3 is 5.63 Å². The first-order valence-corrected chi connectivity index (χ1v) is 7.65. The summed E-state index contributed by atoms with van der Waals surface area (Å²) in [6, 6.07) is 7.32. The first-order chi connectivity index (χ1) is 9.48. The molecule has 1 fully saturated rings. The largest absolute Gasteiger partial charge is 0.423 e. The van der Waals surface area contributed by atoms with E-state index in [2.05, 4.69) is 5.32 Å². The van der Waals surface area contributed by atoms with Crippen LogP contribution in [0.1, 0.15) is 0 Å². The highest BCUT2D eigenvalue weighted by Gasteiger charge is 2.31. The Bertz CT molecular complexity index is 814. The zero-order chi connectivity index (χ0) is 14.3. The van der Waals surface area contributed by atoms with E-state index in [-0.39, 0.29) is 23.3 Å². The number of sulfonamides is 1. The van der Waals surface area contributed by atoms with Crippen molar-refractivity contribution < 1.29 is 12.8 Å². The molecule has 1 aromatic carbocycles. The number of fused-ring (bicyclic) bond motifs is 1. The molecule has 1 N–H and O–H groups in total. The summed E-state index contributed by atoms with van der Waals surface area (Å²) < 4.78 is 31.3. The van der Waals surface area contributed by atoms with Gasteiger partial charge in [0.15, 0.2) is 0 Å². The van der Waals surface area contributed by atoms with Crippen LogP contribution in [0.4, 0.5) is 0 Å². The molecule has 0 amide bonds. The molecule has 6 nitrogen and oxygen atoms in total. The van der Waals surface area contributed by atoms with Gasteiger partial charge in [0.2, 0.25) is 10.0 Å². The van der Waals surface area contributed by atoms with Gasteiger partial charge in [0.25, 0.3) is 0 Å². The van der Waals surface area contributed by atoms with Crippen molar-refractivity contribution in [2.75, 3.05) is 20.1 Å². The molecular formula is C13H15ClN2O4S. The lowest BCUT2D eigenvalue weighted by atomic mass is 10.2. The van der Waals surface area contributed by atoms with Crippen molar-refractivity contribution in [3.8, 4) is 0 Å². The number of benzene rings is 1. The second-order valence-electron chi connectivity index (χ2n) is 4.79. The van der Waals surface area contributed by atoms with Crippen LogP contribution in [0, 0.1) is 0 Å². The Balaban J connectivity index is 0.00000161. The smallest absolute Gasteiger partial charge is 0.336 e. The zero-order valence-electron chi connectivity index (χ0n) is 11.3. The molecular weight excluding hydrogens is 316 g/mol. The van der Waals surface area contributed by atoms with Crippen molar-refractivity contribution in [2.24, 2.45) is 0 Å². The quantitative estimate of drug-likeness (QED) is 0.842. The van der Waals surface area contributed by atoms with Crippen molar-refractivity contribution in [3.63, 3.8) is 0 Å². The fraction of sp³-hybridized carbons (Fsp3) is 0.308. The van der Waals surface area contributed by atoms with E-state index >= 15 is 0 Å². The standard InChI is InChI=1S/C13H14N2O4S.ClH/c1-15(10-7-14-8-10)20(17,18)11-3-4-12-9(6-11)2-5-13(16)19-12;/h2-6,10,14H,7-8H2,1H3;1H. The third-order valence-electron chi connectivity index (χ3n) is 3.54. The molecule has 1 saturated heterocycles. The molecule has 21 heavy (non-hydrogen) atoms. The van der Waals surface area contributed by atoms with Gasteiger partial charge in [-0.15, -0.1) is 12.4 Å². The zero-order valence-corrected chi connectivity index (χ0v) is 12.9. The molecule has 0 unspecified atom stereocenters. The van der Waals surface area contributed by atoms with E-state index in [4.69, 9.17) is 4.42 Å². The normalized spacial score (nSPS) is 15.7. The number of likely N-dealkylation sites (N-methyl/N-ethyl adjacent to an activating group) is 1. The van der Waals surface area contributed by atoms with Gasteiger partial charge in [0.1, 0.15) is 5.58 Å². The van der Waals surface area contributed by atoms with Gasteiger partial charge in [-0.1, -0.05) is 0 Å². The van der Waals surface area contributed by atoms with Crippen molar-refractivity contribution in [3.05, 3.63) is 40.8 Å². The van der Waals surface area contributed by atoms with Crippen molar-refractivity contribution in [1.29, 1.82) is 0 Å². The lowest BCUT2D eigenvalue weighted by Gasteiger charge is -2.34. The molecule has 0 radical (unpaired) electrons. The minimum atomic E-state index is -3.53. The van der Waals surface area contributed by atoms with Gasteiger partial charge in [-0.2, -0.15) is 4.31 Å². The van der Waals surface area contributed by atoms with Gasteiger partial charge in [-0.3, -0.25) is 0 Å². The van der Waals surface area contributed by atoms with E-state index in [1.54, 1.807) is 13.1 Å². The second-order valence-corrected chi connectivity index (χ2v) is 6.78. The van der Waals surface area contributed by atoms with Crippen LogP contribution in [-0.2, 0) is 10.0 Å². The van der Waals surface area contributed by atoms with Gasteiger partial charge in [-0.25, -0.2) is 13.2 Å². The van der Waals surface area contributed by atoms with Crippen LogP contribution < -0.4 is 10.9 Å². The van der Waals surface area contributed by atoms with Crippen LogP contribution in [0.2, 0.25) is 0 Å². The summed E-state index contributed by atoms with van der Waals surface area (Å²) in [5.74, 6) is 0. The molecule has 2 aromatic rings. The fourth-order valence-electron chi connectivity index (χ4n) is 2.10. The van der Waals surface area contributed by atoms with Crippen LogP contribution in [0.25, 0.3) is 11.0 Å². The van der Waals surface area contributed by atoms with Gasteiger partial charge in [0, 0.05) is 37.6 Å². The number of hydrogen-bond donors (Lipinski definition) is 1. The van der Waals surface area contributed by atoms with Crippen molar-refractivity contribution in [1.82, 2.24) is 9.62 Å². The minimum absolute atomic E-state index is 0. The number of nitrogens with zero attached hydrogens (tertiary/aromatic N) is 1. The summed E-state index contributed by atoms with van der Waals surface area (Å²) in [4.78, 5) is 11.3. The Morgan fingerprint density at radius 1 is 1.24 bits per heavy atom. The molecule has 0 aliphatic carbocycles. The van der Waals surface area contributed by atoms with E-state index in [1.165, 1.54) is 28.6 Å². The predicted molar refractivity (Wildman–Crippen MR) is 81.3 cm³/mol. The third kappa shape index (κ3) is 2.82. The van der Waals surface area contributed by atoms with Crippen molar-refractivity contribution >= 4 is 33.4 Å². The number of halogens is 1. The summed E-state index contributed by atoms with van der Waals surface area (Å²) in [5, 5.41) is 3.63. The van der Waals surface area contributed by atoms with Gasteiger partial charge in [-0.05, 0) is 24.3 Å². The molecule has 1 aliphatic rings. The maximum atomic E-state index is 12.5. The van der Waals surface area contributed by atoms with Crippen LogP contribution in [0.3, 0.4) is 0 Å². The molecule has 0 bridgehead atoms. The molecule has 0 saturated carbocycles. The minimum Gasteiger partial charge on any atom is -0.423 e. The fourth-order valence-corrected chi connectivity index (χ4v) is 3.49. The van der Waals surface area contributed by atoms with Crippen LogP contribution >= 0.6 is 12.4 Å². The Hall–Kier alpha value is -1.41. The number of hydrogen-bond acceptors (Lipinski definition) is 5. The second kappa shape index (κ2) is 5.76. The molecule has 0 spiro atoms. The third-order valence-corrected chi connectivity index (χ3v) is 5.45. The Labute approximate surface area is 128 Å². The Morgan fingerprint density at radius 3 is 2.57 bits per heavy atom. The Kier molecular flexibility index (Phi) is 4.38. The monoisotopic (exact) mass is 330 g/mol. The van der Waals surface area contributed by atoms with Gasteiger partial charge in [0.05, 0.1) is 4.90 Å². The summed E-state index contributed by atoms with van der Waals surface area (Å²) in [7, 11) is -1.95. The van der Waals surface area contributed by atoms with Crippen LogP contribution in [0.15, 0.2) is 44.4 Å². The van der Waals surface area contributed by atoms with E-state index in [9.17, 15) is 13.2 Å². The van der Waals surface area contributed by atoms with Crippen molar-refractivity contribution in [2.45, 2.75) is 10.9 Å². The van der Waals surface area contributed by atoms with Crippen LogP contribution in [-0.4, -0.2) is 38.9 Å². The molecule has 114 valence electrons. The summed E-state index contributed by atoms with van der Waals surface area (Å²) in [5.41, 5.74) is -0.0739. The highest BCUT2D eigenvalue weighted by Crippen LogP contribution is 2.22. The average molecular weight is 331 g/mol. The average Bonchev–Trinajstić information content (AvgIpc) is 2.35. The van der Waals surface area contributed by atoms with E-state index < -0.39 is 15.6 Å². The highest BCUT2D eigenvalue weighted by atomic mass is 35.5. The van der Waals surface area contributed by atoms with E-state index in [1.807, 2.05) is 0 Å². The molecule has 1 aliphatic heterocycles. The molecule has 0 atom stereocenters. The van der Waals surface area contributed by atoms with Gasteiger partial charge < -0.3 is 9.73 Å². The lowest BCUT2D eigenvalue weighted by molar-refractivity contribution is 0.274. The topological polar surface area (TPSA) is 79.6 Å². The summed E-state index contributed by atoms with van der Waals surface area (Å²) >= 11 is 0. The molecule has 8 heteroatoms. The maximum absolute atomic E-state index is 12.5. The highest BCUT2D eigenvalue weighted by molar-refractivity contribution is 7.89. The molecule has 3 rings (SSSR count). The molecule has 2 heterocycles. The molecule has 1 aromatic heterocycles. The van der Waals surface area contributed by atoms with Crippen LogP contribution in [0.5, 0.6) is 0 Å². The SMILES string of the molecule is CN(C1CNC1)S(=O)(=O)c1ccc2oc(=O)ccc2c1.Cl. The summed E-state index contributed by atoms with van der Waals surface area (Å²) in [6.07, 6.45) is 0. The summed E-state index contributed by atoms with van der Waals surface area (Å²) in [6.45, 7) is 1.33. The van der Waals surface area contributed by atoms with E-state index in [0.717, 1.165) is 0 Å².